The van der Waals surface area contributed by atoms with Crippen LogP contribution in [0, 0.1) is 0 Å². The molecule has 0 heterocycles. The Morgan fingerprint density at radius 3 is 2.55 bits per heavy atom. The van der Waals surface area contributed by atoms with Crippen molar-refractivity contribution >= 4 is 17.5 Å². The summed E-state index contributed by atoms with van der Waals surface area (Å²) in [5.74, 6) is -0.409. The van der Waals surface area contributed by atoms with Gasteiger partial charge in [0.2, 0.25) is 5.91 Å². The smallest absolute Gasteiger partial charge is 0.249 e. The SMILES string of the molecule is C[C@H](NCc1ccccc1C(N)=O)c1ccccc1Cl. The molecular formula is C16H17ClN2O. The summed E-state index contributed by atoms with van der Waals surface area (Å²) in [7, 11) is 0. The second kappa shape index (κ2) is 6.55. The third-order valence-electron chi connectivity index (χ3n) is 3.25. The molecule has 0 unspecified atom stereocenters. The van der Waals surface area contributed by atoms with Crippen LogP contribution in [0.1, 0.15) is 34.5 Å². The zero-order chi connectivity index (χ0) is 14.5. The minimum atomic E-state index is -0.409. The Bertz CT molecular complexity index is 613. The van der Waals surface area contributed by atoms with Gasteiger partial charge < -0.3 is 11.1 Å². The van der Waals surface area contributed by atoms with E-state index in [2.05, 4.69) is 5.32 Å². The van der Waals surface area contributed by atoms with Crippen molar-refractivity contribution in [3.8, 4) is 0 Å². The zero-order valence-corrected chi connectivity index (χ0v) is 12.0. The number of halogens is 1. The van der Waals surface area contributed by atoms with E-state index in [1.165, 1.54) is 0 Å². The first-order chi connectivity index (χ1) is 9.59. The molecule has 0 aliphatic heterocycles. The fraction of sp³-hybridized carbons (Fsp3) is 0.188. The Hall–Kier alpha value is -1.84. The third-order valence-corrected chi connectivity index (χ3v) is 3.60. The van der Waals surface area contributed by atoms with E-state index < -0.39 is 5.91 Å². The Morgan fingerprint density at radius 2 is 1.85 bits per heavy atom. The first-order valence-corrected chi connectivity index (χ1v) is 6.83. The standard InChI is InChI=1S/C16H17ClN2O/c1-11(13-7-4-5-9-15(13)17)19-10-12-6-2-3-8-14(12)16(18)20/h2-9,11,19H,10H2,1H3,(H2,18,20)/t11-/m0/s1. The summed E-state index contributed by atoms with van der Waals surface area (Å²) in [4.78, 5) is 11.4. The number of nitrogens with two attached hydrogens (primary N) is 1. The highest BCUT2D eigenvalue weighted by molar-refractivity contribution is 6.31. The lowest BCUT2D eigenvalue weighted by Gasteiger charge is -2.16. The van der Waals surface area contributed by atoms with Crippen molar-refractivity contribution in [3.63, 3.8) is 0 Å². The average molecular weight is 289 g/mol. The molecule has 4 heteroatoms. The first-order valence-electron chi connectivity index (χ1n) is 6.45. The molecule has 104 valence electrons. The maximum atomic E-state index is 11.4. The minimum Gasteiger partial charge on any atom is -0.366 e. The monoisotopic (exact) mass is 288 g/mol. The Kier molecular flexibility index (Phi) is 4.77. The van der Waals surface area contributed by atoms with Crippen LogP contribution in [-0.4, -0.2) is 5.91 Å². The van der Waals surface area contributed by atoms with Crippen LogP contribution >= 0.6 is 11.6 Å². The maximum absolute atomic E-state index is 11.4. The number of nitrogens with one attached hydrogen (secondary N) is 1. The lowest BCUT2D eigenvalue weighted by molar-refractivity contribution is 0.0999. The van der Waals surface area contributed by atoms with Gasteiger partial charge in [-0.25, -0.2) is 0 Å². The van der Waals surface area contributed by atoms with Crippen molar-refractivity contribution in [1.29, 1.82) is 0 Å². The van der Waals surface area contributed by atoms with Crippen molar-refractivity contribution in [3.05, 3.63) is 70.2 Å². The molecule has 3 N–H and O–H groups in total. The van der Waals surface area contributed by atoms with Crippen molar-refractivity contribution in [2.24, 2.45) is 5.73 Å². The van der Waals surface area contributed by atoms with Crippen LogP contribution in [0.3, 0.4) is 0 Å². The van der Waals surface area contributed by atoms with Gasteiger partial charge in [-0.2, -0.15) is 0 Å². The molecule has 0 saturated carbocycles. The van der Waals surface area contributed by atoms with Crippen LogP contribution in [0.5, 0.6) is 0 Å². The summed E-state index contributed by atoms with van der Waals surface area (Å²) in [6.07, 6.45) is 0. The van der Waals surface area contributed by atoms with Gasteiger partial charge in [-0.1, -0.05) is 48.0 Å². The van der Waals surface area contributed by atoms with E-state index in [1.54, 1.807) is 12.1 Å². The summed E-state index contributed by atoms with van der Waals surface area (Å²) >= 11 is 6.17. The highest BCUT2D eigenvalue weighted by atomic mass is 35.5. The Morgan fingerprint density at radius 1 is 1.20 bits per heavy atom. The van der Waals surface area contributed by atoms with Crippen molar-refractivity contribution in [1.82, 2.24) is 5.32 Å². The first kappa shape index (κ1) is 14.6. The number of primary amides is 1. The molecule has 2 aromatic rings. The van der Waals surface area contributed by atoms with Gasteiger partial charge >= 0.3 is 0 Å². The number of hydrogen-bond acceptors (Lipinski definition) is 2. The van der Waals surface area contributed by atoms with Crippen LogP contribution in [0.2, 0.25) is 5.02 Å². The topological polar surface area (TPSA) is 55.1 Å². The van der Waals surface area contributed by atoms with E-state index in [9.17, 15) is 4.79 Å². The molecule has 1 amide bonds. The van der Waals surface area contributed by atoms with Gasteiger partial charge in [-0.3, -0.25) is 4.79 Å². The molecule has 0 spiro atoms. The van der Waals surface area contributed by atoms with E-state index in [1.807, 2.05) is 43.3 Å². The van der Waals surface area contributed by atoms with Crippen LogP contribution in [-0.2, 0) is 6.54 Å². The number of amides is 1. The maximum Gasteiger partial charge on any atom is 0.249 e. The summed E-state index contributed by atoms with van der Waals surface area (Å²) in [5.41, 5.74) is 7.84. The molecule has 3 nitrogen and oxygen atoms in total. The number of rotatable bonds is 5. The number of carbonyl (C=O) groups is 1. The predicted octanol–water partition coefficient (Wildman–Crippen LogP) is 3.29. The highest BCUT2D eigenvalue weighted by Crippen LogP contribution is 2.22. The van der Waals surface area contributed by atoms with Crippen molar-refractivity contribution in [2.45, 2.75) is 19.5 Å². The fourth-order valence-corrected chi connectivity index (χ4v) is 2.41. The van der Waals surface area contributed by atoms with E-state index >= 15 is 0 Å². The summed E-state index contributed by atoms with van der Waals surface area (Å²) < 4.78 is 0. The molecule has 2 aromatic carbocycles. The molecule has 20 heavy (non-hydrogen) atoms. The molecule has 1 atom stereocenters. The minimum absolute atomic E-state index is 0.0876. The molecule has 0 bridgehead atoms. The lowest BCUT2D eigenvalue weighted by atomic mass is 10.1. The second-order valence-corrected chi connectivity index (χ2v) is 5.05. The van der Waals surface area contributed by atoms with Crippen molar-refractivity contribution in [2.75, 3.05) is 0 Å². The van der Waals surface area contributed by atoms with Gasteiger partial charge in [0, 0.05) is 23.2 Å². The van der Waals surface area contributed by atoms with Gasteiger partial charge in [0.05, 0.1) is 0 Å². The normalized spacial score (nSPS) is 12.1. The average Bonchev–Trinajstić information content (AvgIpc) is 2.45. The van der Waals surface area contributed by atoms with Crippen LogP contribution in [0.15, 0.2) is 48.5 Å². The van der Waals surface area contributed by atoms with E-state index in [-0.39, 0.29) is 6.04 Å². The fourth-order valence-electron chi connectivity index (χ4n) is 2.11. The molecule has 0 fully saturated rings. The van der Waals surface area contributed by atoms with Gasteiger partial charge in [-0.15, -0.1) is 0 Å². The number of benzene rings is 2. The largest absolute Gasteiger partial charge is 0.366 e. The quantitative estimate of drug-likeness (QED) is 0.887. The molecule has 0 aliphatic rings. The van der Waals surface area contributed by atoms with Crippen LogP contribution in [0.25, 0.3) is 0 Å². The zero-order valence-electron chi connectivity index (χ0n) is 11.3. The number of carbonyl (C=O) groups excluding carboxylic acids is 1. The van der Waals surface area contributed by atoms with Gasteiger partial charge in [0.1, 0.15) is 0 Å². The molecule has 2 rings (SSSR count). The molecule has 0 aromatic heterocycles. The van der Waals surface area contributed by atoms with Crippen LogP contribution < -0.4 is 11.1 Å². The Balaban J connectivity index is 2.10. The Labute approximate surface area is 123 Å². The number of hydrogen-bond donors (Lipinski definition) is 2. The van der Waals surface area contributed by atoms with Gasteiger partial charge in [-0.05, 0) is 30.2 Å². The molecule has 0 aliphatic carbocycles. The molecular weight excluding hydrogens is 272 g/mol. The van der Waals surface area contributed by atoms with E-state index in [4.69, 9.17) is 17.3 Å². The summed E-state index contributed by atoms with van der Waals surface area (Å²) in [5, 5.41) is 4.09. The van der Waals surface area contributed by atoms with Gasteiger partial charge in [0.25, 0.3) is 0 Å². The summed E-state index contributed by atoms with van der Waals surface area (Å²) in [6, 6.07) is 15.1. The van der Waals surface area contributed by atoms with Crippen LogP contribution in [0.4, 0.5) is 0 Å². The van der Waals surface area contributed by atoms with Crippen molar-refractivity contribution < 1.29 is 4.79 Å². The highest BCUT2D eigenvalue weighted by Gasteiger charge is 2.11. The summed E-state index contributed by atoms with van der Waals surface area (Å²) in [6.45, 7) is 2.60. The van der Waals surface area contributed by atoms with Gasteiger partial charge in [0.15, 0.2) is 0 Å². The predicted molar refractivity (Wildman–Crippen MR) is 81.7 cm³/mol. The lowest BCUT2D eigenvalue weighted by Crippen LogP contribution is -2.21. The molecule has 0 saturated heterocycles. The van der Waals surface area contributed by atoms with E-state index in [0.717, 1.165) is 16.1 Å². The second-order valence-electron chi connectivity index (χ2n) is 4.65. The third kappa shape index (κ3) is 3.38. The molecule has 0 radical (unpaired) electrons. The van der Waals surface area contributed by atoms with E-state index in [0.29, 0.717) is 12.1 Å².